The normalized spacial score (nSPS) is 10.6. The highest BCUT2D eigenvalue weighted by Crippen LogP contribution is 2.20. The Hall–Kier alpha value is -2.86. The van der Waals surface area contributed by atoms with E-state index in [9.17, 15) is 4.79 Å². The van der Waals surface area contributed by atoms with E-state index in [1.54, 1.807) is 11.0 Å². The fraction of sp³-hybridized carbons (Fsp3) is 0.211. The molecular weight excluding hydrogens is 352 g/mol. The summed E-state index contributed by atoms with van der Waals surface area (Å²) >= 11 is 5.87. The lowest BCUT2D eigenvalue weighted by Gasteiger charge is -2.10. The Bertz CT molecular complexity index is 906. The number of carbonyl (C=O) groups excluding carboxylic acids is 1. The van der Waals surface area contributed by atoms with Crippen LogP contribution in [0.1, 0.15) is 16.7 Å². The van der Waals surface area contributed by atoms with Gasteiger partial charge in [-0.25, -0.2) is 9.67 Å². The van der Waals surface area contributed by atoms with Gasteiger partial charge in [-0.15, -0.1) is 5.10 Å². The summed E-state index contributed by atoms with van der Waals surface area (Å²) in [6, 6.07) is 13.2. The number of benzene rings is 2. The van der Waals surface area contributed by atoms with E-state index >= 15 is 0 Å². The third-order valence-electron chi connectivity index (χ3n) is 3.96. The van der Waals surface area contributed by atoms with Crippen molar-refractivity contribution < 1.29 is 9.53 Å². The molecule has 0 bridgehead atoms. The Morgan fingerprint density at radius 3 is 2.73 bits per heavy atom. The zero-order chi connectivity index (χ0) is 18.5. The van der Waals surface area contributed by atoms with Gasteiger partial charge in [-0.3, -0.25) is 10.1 Å². The minimum Gasteiger partial charge on any atom is -0.483 e. The first-order chi connectivity index (χ1) is 12.5. The molecule has 1 heterocycles. The van der Waals surface area contributed by atoms with Gasteiger partial charge in [-0.1, -0.05) is 35.9 Å². The van der Waals surface area contributed by atoms with Crippen LogP contribution >= 0.6 is 11.6 Å². The molecule has 7 heteroatoms. The van der Waals surface area contributed by atoms with Gasteiger partial charge in [0, 0.05) is 5.02 Å². The molecule has 6 nitrogen and oxygen atoms in total. The SMILES string of the molecule is Cc1cccc(OCC(=O)Nc2ncn(Cc3ccc(Cl)cc3)n2)c1C. The van der Waals surface area contributed by atoms with Crippen molar-refractivity contribution in [3.63, 3.8) is 0 Å². The molecule has 1 amide bonds. The number of carbonyl (C=O) groups is 1. The molecule has 3 rings (SSSR count). The number of hydrogen-bond acceptors (Lipinski definition) is 4. The number of amides is 1. The zero-order valence-corrected chi connectivity index (χ0v) is 15.3. The Balaban J connectivity index is 1.54. The molecule has 0 aliphatic heterocycles. The molecule has 0 aliphatic rings. The number of rotatable bonds is 6. The molecule has 0 unspecified atom stereocenters. The molecule has 0 atom stereocenters. The molecule has 26 heavy (non-hydrogen) atoms. The summed E-state index contributed by atoms with van der Waals surface area (Å²) in [5.74, 6) is 0.630. The van der Waals surface area contributed by atoms with E-state index in [0.717, 1.165) is 16.7 Å². The summed E-state index contributed by atoms with van der Waals surface area (Å²) in [5.41, 5.74) is 3.17. The van der Waals surface area contributed by atoms with E-state index in [0.29, 0.717) is 17.3 Å². The lowest BCUT2D eigenvalue weighted by Crippen LogP contribution is -2.21. The van der Waals surface area contributed by atoms with E-state index in [-0.39, 0.29) is 18.5 Å². The van der Waals surface area contributed by atoms with Crippen LogP contribution in [0.25, 0.3) is 0 Å². The van der Waals surface area contributed by atoms with Crippen molar-refractivity contribution in [2.75, 3.05) is 11.9 Å². The highest BCUT2D eigenvalue weighted by atomic mass is 35.5. The maximum absolute atomic E-state index is 12.0. The second-order valence-electron chi connectivity index (χ2n) is 5.93. The van der Waals surface area contributed by atoms with Crippen LogP contribution in [-0.4, -0.2) is 27.3 Å². The van der Waals surface area contributed by atoms with Gasteiger partial charge in [-0.2, -0.15) is 0 Å². The number of aromatic nitrogens is 3. The summed E-state index contributed by atoms with van der Waals surface area (Å²) in [4.78, 5) is 16.1. The average Bonchev–Trinajstić information content (AvgIpc) is 3.05. The predicted molar refractivity (Wildman–Crippen MR) is 101 cm³/mol. The zero-order valence-electron chi connectivity index (χ0n) is 14.6. The summed E-state index contributed by atoms with van der Waals surface area (Å²) < 4.78 is 7.22. The van der Waals surface area contributed by atoms with Gasteiger partial charge < -0.3 is 4.74 Å². The van der Waals surface area contributed by atoms with Crippen molar-refractivity contribution in [1.82, 2.24) is 14.8 Å². The van der Waals surface area contributed by atoms with E-state index in [1.807, 2.05) is 56.3 Å². The van der Waals surface area contributed by atoms with Crippen LogP contribution in [0.15, 0.2) is 48.8 Å². The van der Waals surface area contributed by atoms with Crippen molar-refractivity contribution in [3.05, 3.63) is 70.5 Å². The first kappa shape index (κ1) is 17.9. The molecule has 3 aromatic rings. The largest absolute Gasteiger partial charge is 0.483 e. The molecule has 0 fully saturated rings. The van der Waals surface area contributed by atoms with Crippen molar-refractivity contribution in [2.45, 2.75) is 20.4 Å². The fourth-order valence-corrected chi connectivity index (χ4v) is 2.52. The number of nitrogens with one attached hydrogen (secondary N) is 1. The van der Waals surface area contributed by atoms with Crippen LogP contribution in [0.2, 0.25) is 5.02 Å². The van der Waals surface area contributed by atoms with Crippen molar-refractivity contribution in [2.24, 2.45) is 0 Å². The third kappa shape index (κ3) is 4.61. The van der Waals surface area contributed by atoms with E-state index < -0.39 is 0 Å². The molecule has 0 spiro atoms. The quantitative estimate of drug-likeness (QED) is 0.719. The molecule has 0 saturated heterocycles. The molecule has 0 saturated carbocycles. The van der Waals surface area contributed by atoms with Crippen LogP contribution in [0.4, 0.5) is 5.95 Å². The van der Waals surface area contributed by atoms with Gasteiger partial charge in [0.05, 0.1) is 6.54 Å². The van der Waals surface area contributed by atoms with E-state index in [1.165, 1.54) is 0 Å². The maximum Gasteiger partial charge on any atom is 0.264 e. The smallest absolute Gasteiger partial charge is 0.264 e. The minimum atomic E-state index is -0.310. The number of aryl methyl sites for hydroxylation is 1. The summed E-state index contributed by atoms with van der Waals surface area (Å²) in [7, 11) is 0. The topological polar surface area (TPSA) is 69.0 Å². The van der Waals surface area contributed by atoms with Crippen molar-refractivity contribution >= 4 is 23.5 Å². The van der Waals surface area contributed by atoms with Gasteiger partial charge in [-0.05, 0) is 48.7 Å². The number of ether oxygens (including phenoxy) is 1. The molecular formula is C19H19ClN4O2. The van der Waals surface area contributed by atoms with Gasteiger partial charge >= 0.3 is 0 Å². The minimum absolute atomic E-state index is 0.101. The Morgan fingerprint density at radius 1 is 1.19 bits per heavy atom. The number of halogens is 1. The molecule has 0 radical (unpaired) electrons. The Morgan fingerprint density at radius 2 is 1.96 bits per heavy atom. The Kier molecular flexibility index (Phi) is 5.53. The monoisotopic (exact) mass is 370 g/mol. The van der Waals surface area contributed by atoms with Crippen molar-refractivity contribution in [3.8, 4) is 5.75 Å². The first-order valence-corrected chi connectivity index (χ1v) is 8.52. The van der Waals surface area contributed by atoms with Gasteiger partial charge in [0.1, 0.15) is 12.1 Å². The molecule has 1 N–H and O–H groups in total. The molecule has 1 aromatic heterocycles. The standard InChI is InChI=1S/C19H19ClN4O2/c1-13-4-3-5-17(14(13)2)26-11-18(25)22-19-21-12-24(23-19)10-15-6-8-16(20)9-7-15/h3-9,12H,10-11H2,1-2H3,(H,22,23,25). The predicted octanol–water partition coefficient (Wildman–Crippen LogP) is 3.61. The summed E-state index contributed by atoms with van der Waals surface area (Å²) in [6.45, 7) is 4.40. The average molecular weight is 371 g/mol. The lowest BCUT2D eigenvalue weighted by atomic mass is 10.1. The highest BCUT2D eigenvalue weighted by Gasteiger charge is 2.09. The number of anilines is 1. The maximum atomic E-state index is 12.0. The molecule has 2 aromatic carbocycles. The Labute approximate surface area is 156 Å². The molecule has 134 valence electrons. The second kappa shape index (κ2) is 8.01. The second-order valence-corrected chi connectivity index (χ2v) is 6.36. The van der Waals surface area contributed by atoms with Crippen LogP contribution in [0.3, 0.4) is 0 Å². The number of hydrogen-bond donors (Lipinski definition) is 1. The van der Waals surface area contributed by atoms with Crippen LogP contribution in [-0.2, 0) is 11.3 Å². The van der Waals surface area contributed by atoms with Crippen LogP contribution in [0.5, 0.6) is 5.75 Å². The van der Waals surface area contributed by atoms with Gasteiger partial charge in [0.25, 0.3) is 5.91 Å². The summed E-state index contributed by atoms with van der Waals surface area (Å²) in [6.07, 6.45) is 1.57. The van der Waals surface area contributed by atoms with E-state index in [4.69, 9.17) is 16.3 Å². The fourth-order valence-electron chi connectivity index (χ4n) is 2.39. The first-order valence-electron chi connectivity index (χ1n) is 8.14. The molecule has 0 aliphatic carbocycles. The van der Waals surface area contributed by atoms with Crippen molar-refractivity contribution in [1.29, 1.82) is 0 Å². The van der Waals surface area contributed by atoms with Crippen LogP contribution < -0.4 is 10.1 Å². The van der Waals surface area contributed by atoms with Gasteiger partial charge in [0.2, 0.25) is 5.95 Å². The van der Waals surface area contributed by atoms with E-state index in [2.05, 4.69) is 15.4 Å². The highest BCUT2D eigenvalue weighted by molar-refractivity contribution is 6.30. The summed E-state index contributed by atoms with van der Waals surface area (Å²) in [5, 5.41) is 7.56. The third-order valence-corrected chi connectivity index (χ3v) is 4.21. The van der Waals surface area contributed by atoms with Gasteiger partial charge in [0.15, 0.2) is 6.61 Å². The lowest BCUT2D eigenvalue weighted by molar-refractivity contribution is -0.118. The number of nitrogens with zero attached hydrogens (tertiary/aromatic N) is 3. The van der Waals surface area contributed by atoms with Crippen LogP contribution in [0, 0.1) is 13.8 Å².